The Morgan fingerprint density at radius 2 is 1.94 bits per heavy atom. The summed E-state index contributed by atoms with van der Waals surface area (Å²) in [7, 11) is 0. The summed E-state index contributed by atoms with van der Waals surface area (Å²) in [5.74, 6) is 3.45. The van der Waals surface area contributed by atoms with Gasteiger partial charge in [-0.25, -0.2) is 9.59 Å². The summed E-state index contributed by atoms with van der Waals surface area (Å²) in [6.45, 7) is 5.30. The maximum atomic E-state index is 11.6. The molecule has 1 aliphatic carbocycles. The summed E-state index contributed by atoms with van der Waals surface area (Å²) in [5.41, 5.74) is -1.30. The van der Waals surface area contributed by atoms with Crippen LogP contribution in [-0.4, -0.2) is 28.3 Å². The molecule has 1 saturated carbocycles. The van der Waals surface area contributed by atoms with Gasteiger partial charge >= 0.3 is 12.1 Å². The summed E-state index contributed by atoms with van der Waals surface area (Å²) in [5, 5.41) is 11.1. The first-order valence-corrected chi connectivity index (χ1v) is 5.50. The number of aliphatic carboxylic acids is 1. The predicted octanol–water partition coefficient (Wildman–Crippen LogP) is 1.52. The molecule has 0 atom stereocenters. The van der Waals surface area contributed by atoms with Crippen LogP contribution in [0.3, 0.4) is 0 Å². The molecule has 1 amide bonds. The van der Waals surface area contributed by atoms with Gasteiger partial charge < -0.3 is 15.2 Å². The average Bonchev–Trinajstić information content (AvgIpc) is 2.05. The lowest BCUT2D eigenvalue weighted by atomic mass is 9.77. The van der Waals surface area contributed by atoms with Crippen LogP contribution < -0.4 is 5.32 Å². The molecule has 5 heteroatoms. The van der Waals surface area contributed by atoms with E-state index in [-0.39, 0.29) is 0 Å². The highest BCUT2D eigenvalue weighted by Gasteiger charge is 2.38. The second-order valence-corrected chi connectivity index (χ2v) is 5.12. The van der Waals surface area contributed by atoms with Crippen molar-refractivity contribution in [3.05, 3.63) is 0 Å². The minimum atomic E-state index is -1.19. The summed E-state index contributed by atoms with van der Waals surface area (Å²) in [6, 6.07) is 0. The highest BCUT2D eigenvalue weighted by atomic mass is 16.6. The van der Waals surface area contributed by atoms with E-state index in [4.69, 9.17) is 9.84 Å². The molecule has 1 rings (SSSR count). The summed E-state index contributed by atoms with van der Waals surface area (Å²) >= 11 is 0. The van der Waals surface area contributed by atoms with Gasteiger partial charge in [0, 0.05) is 5.92 Å². The van der Waals surface area contributed by atoms with Crippen molar-refractivity contribution in [3.8, 4) is 11.8 Å². The first-order valence-electron chi connectivity index (χ1n) is 5.50. The molecule has 0 aliphatic heterocycles. The third-order valence-corrected chi connectivity index (χ3v) is 2.36. The maximum absolute atomic E-state index is 11.6. The number of carboxylic acids is 1. The molecule has 2 N–H and O–H groups in total. The molecule has 94 valence electrons. The number of hydrogen-bond donors (Lipinski definition) is 2. The lowest BCUT2D eigenvalue weighted by Gasteiger charge is -2.38. The van der Waals surface area contributed by atoms with E-state index < -0.39 is 23.2 Å². The molecule has 0 aromatic carbocycles. The van der Waals surface area contributed by atoms with E-state index in [0.717, 1.165) is 6.42 Å². The zero-order chi connectivity index (χ0) is 13.1. The van der Waals surface area contributed by atoms with Crippen molar-refractivity contribution in [2.45, 2.75) is 51.2 Å². The molecule has 0 unspecified atom stereocenters. The third kappa shape index (κ3) is 4.35. The van der Waals surface area contributed by atoms with Crippen LogP contribution in [0.15, 0.2) is 0 Å². The fourth-order valence-corrected chi connectivity index (χ4v) is 1.48. The van der Waals surface area contributed by atoms with Gasteiger partial charge in [-0.15, -0.1) is 0 Å². The molecule has 0 spiro atoms. The SMILES string of the molecule is CC(C)(C)OC(=O)NC1(C#CC(=O)O)CCC1. The number of hydrogen-bond acceptors (Lipinski definition) is 3. The number of carbonyl (C=O) groups excluding carboxylic acids is 1. The van der Waals surface area contributed by atoms with Crippen molar-refractivity contribution in [1.82, 2.24) is 5.32 Å². The van der Waals surface area contributed by atoms with E-state index in [2.05, 4.69) is 17.2 Å². The fraction of sp³-hybridized carbons (Fsp3) is 0.667. The number of alkyl carbamates (subject to hydrolysis) is 1. The Balaban J connectivity index is 2.62. The summed E-state index contributed by atoms with van der Waals surface area (Å²) in [6.07, 6.45) is 1.68. The van der Waals surface area contributed by atoms with Gasteiger partial charge in [-0.3, -0.25) is 0 Å². The van der Waals surface area contributed by atoms with E-state index in [1.807, 2.05) is 0 Å². The molecule has 0 saturated heterocycles. The normalized spacial score (nSPS) is 17.1. The van der Waals surface area contributed by atoms with Gasteiger partial charge in [-0.1, -0.05) is 5.92 Å². The highest BCUT2D eigenvalue weighted by Crippen LogP contribution is 2.31. The molecule has 17 heavy (non-hydrogen) atoms. The predicted molar refractivity (Wildman–Crippen MR) is 61.4 cm³/mol. The largest absolute Gasteiger partial charge is 0.472 e. The van der Waals surface area contributed by atoms with E-state index >= 15 is 0 Å². The van der Waals surface area contributed by atoms with Gasteiger partial charge in [0.15, 0.2) is 0 Å². The monoisotopic (exact) mass is 239 g/mol. The van der Waals surface area contributed by atoms with Gasteiger partial charge in [0.05, 0.1) is 0 Å². The quantitative estimate of drug-likeness (QED) is 0.680. The molecule has 0 heterocycles. The van der Waals surface area contributed by atoms with Crippen molar-refractivity contribution in [2.75, 3.05) is 0 Å². The summed E-state index contributed by atoms with van der Waals surface area (Å²) < 4.78 is 5.11. The topological polar surface area (TPSA) is 75.6 Å². The van der Waals surface area contributed by atoms with E-state index in [1.54, 1.807) is 20.8 Å². The van der Waals surface area contributed by atoms with Gasteiger partial charge in [-0.2, -0.15) is 0 Å². The van der Waals surface area contributed by atoms with Crippen LogP contribution in [0.4, 0.5) is 4.79 Å². The Morgan fingerprint density at radius 3 is 2.29 bits per heavy atom. The second kappa shape index (κ2) is 4.66. The van der Waals surface area contributed by atoms with Crippen LogP contribution in [0.25, 0.3) is 0 Å². The molecule has 1 aliphatic rings. The molecule has 0 bridgehead atoms. The van der Waals surface area contributed by atoms with Crippen LogP contribution in [0, 0.1) is 11.8 Å². The highest BCUT2D eigenvalue weighted by molar-refractivity contribution is 5.87. The average molecular weight is 239 g/mol. The van der Waals surface area contributed by atoms with Crippen molar-refractivity contribution in [1.29, 1.82) is 0 Å². The van der Waals surface area contributed by atoms with Crippen LogP contribution >= 0.6 is 0 Å². The van der Waals surface area contributed by atoms with Crippen molar-refractivity contribution < 1.29 is 19.4 Å². The van der Waals surface area contributed by atoms with Crippen molar-refractivity contribution >= 4 is 12.1 Å². The van der Waals surface area contributed by atoms with E-state index in [0.29, 0.717) is 12.8 Å². The first-order chi connectivity index (χ1) is 7.72. The lowest BCUT2D eigenvalue weighted by Crippen LogP contribution is -2.53. The first kappa shape index (κ1) is 13.4. The minimum absolute atomic E-state index is 0.558. The van der Waals surface area contributed by atoms with Gasteiger partial charge in [-0.05, 0) is 40.0 Å². The number of ether oxygens (including phenoxy) is 1. The Bertz CT molecular complexity index is 380. The second-order valence-electron chi connectivity index (χ2n) is 5.12. The smallest absolute Gasteiger partial charge is 0.408 e. The molecule has 0 aromatic heterocycles. The number of carboxylic acid groups (broad SMARTS) is 1. The zero-order valence-electron chi connectivity index (χ0n) is 10.3. The molecule has 5 nitrogen and oxygen atoms in total. The van der Waals surface area contributed by atoms with Crippen LogP contribution in [0.2, 0.25) is 0 Å². The molecule has 0 radical (unpaired) electrons. The summed E-state index contributed by atoms with van der Waals surface area (Å²) in [4.78, 5) is 21.9. The molecular weight excluding hydrogens is 222 g/mol. The Kier molecular flexibility index (Phi) is 3.66. The molecular formula is C12H17NO4. The molecule has 0 aromatic rings. The Labute approximate surface area is 101 Å². The third-order valence-electron chi connectivity index (χ3n) is 2.36. The Hall–Kier alpha value is -1.70. The minimum Gasteiger partial charge on any atom is -0.472 e. The lowest BCUT2D eigenvalue weighted by molar-refractivity contribution is -0.130. The van der Waals surface area contributed by atoms with Crippen molar-refractivity contribution in [3.63, 3.8) is 0 Å². The number of nitrogens with one attached hydrogen (secondary N) is 1. The standard InChI is InChI=1S/C12H17NO4/c1-11(2,3)17-10(16)13-12(6-4-7-12)8-5-9(14)15/h4,6-7H2,1-3H3,(H,13,16)(H,14,15). The van der Waals surface area contributed by atoms with Crippen LogP contribution in [0.5, 0.6) is 0 Å². The number of rotatable bonds is 1. The van der Waals surface area contributed by atoms with Gasteiger partial charge in [0.2, 0.25) is 0 Å². The van der Waals surface area contributed by atoms with Gasteiger partial charge in [0.1, 0.15) is 11.1 Å². The fourth-order valence-electron chi connectivity index (χ4n) is 1.48. The maximum Gasteiger partial charge on any atom is 0.408 e. The van der Waals surface area contributed by atoms with Crippen molar-refractivity contribution in [2.24, 2.45) is 0 Å². The Morgan fingerprint density at radius 1 is 1.35 bits per heavy atom. The number of amides is 1. The van der Waals surface area contributed by atoms with Crippen LogP contribution in [0.1, 0.15) is 40.0 Å². The number of carbonyl (C=O) groups is 2. The van der Waals surface area contributed by atoms with Crippen LogP contribution in [-0.2, 0) is 9.53 Å². The van der Waals surface area contributed by atoms with E-state index in [9.17, 15) is 9.59 Å². The molecule has 1 fully saturated rings. The van der Waals surface area contributed by atoms with Gasteiger partial charge in [0.25, 0.3) is 0 Å². The van der Waals surface area contributed by atoms with E-state index in [1.165, 1.54) is 0 Å². The zero-order valence-corrected chi connectivity index (χ0v) is 10.3.